The number of aromatic nitrogens is 3. The van der Waals surface area contributed by atoms with Crippen LogP contribution in [0.3, 0.4) is 0 Å². The molecule has 0 amide bonds. The Morgan fingerprint density at radius 1 is 0.818 bits per heavy atom. The van der Waals surface area contributed by atoms with Gasteiger partial charge in [-0.15, -0.1) is 10.2 Å². The predicted octanol–water partition coefficient (Wildman–Crippen LogP) is 6.41. The van der Waals surface area contributed by atoms with Gasteiger partial charge < -0.3 is 9.47 Å². The lowest BCUT2D eigenvalue weighted by atomic mass is 9.87. The quantitative estimate of drug-likeness (QED) is 0.225. The fourth-order valence-corrected chi connectivity index (χ4v) is 4.21. The van der Waals surface area contributed by atoms with Crippen LogP contribution in [0.5, 0.6) is 11.5 Å². The van der Waals surface area contributed by atoms with Crippen LogP contribution in [0.15, 0.2) is 84.0 Å². The van der Waals surface area contributed by atoms with Gasteiger partial charge >= 0.3 is 0 Å². The van der Waals surface area contributed by atoms with Crippen molar-refractivity contribution in [1.29, 1.82) is 0 Å². The molecular weight excluding hydrogens is 430 g/mol. The van der Waals surface area contributed by atoms with Crippen LogP contribution in [0.25, 0.3) is 17.1 Å². The first kappa shape index (κ1) is 22.9. The van der Waals surface area contributed by atoms with Crippen molar-refractivity contribution in [1.82, 2.24) is 14.8 Å². The normalized spacial score (nSPS) is 11.4. The number of nitrogens with zero attached hydrogens (tertiary/aromatic N) is 3. The minimum atomic E-state index is 0.108. The number of hydrogen-bond donors (Lipinski definition) is 0. The molecule has 0 aliphatic heterocycles. The van der Waals surface area contributed by atoms with Gasteiger partial charge in [0.25, 0.3) is 0 Å². The Balaban J connectivity index is 1.52. The van der Waals surface area contributed by atoms with Crippen LogP contribution >= 0.6 is 11.8 Å². The fraction of sp³-hybridized carbons (Fsp3) is 0.259. The Kier molecular flexibility index (Phi) is 7.04. The number of thioether (sulfide) groups is 1. The summed E-state index contributed by atoms with van der Waals surface area (Å²) >= 11 is 1.63. The molecule has 0 unspecified atom stereocenters. The first-order valence-corrected chi connectivity index (χ1v) is 12.0. The van der Waals surface area contributed by atoms with Crippen LogP contribution in [0.4, 0.5) is 0 Å². The van der Waals surface area contributed by atoms with Gasteiger partial charge in [-0.05, 0) is 47.4 Å². The highest BCUT2D eigenvalue weighted by atomic mass is 32.2. The van der Waals surface area contributed by atoms with E-state index in [9.17, 15) is 0 Å². The third-order valence-electron chi connectivity index (χ3n) is 5.30. The van der Waals surface area contributed by atoms with E-state index < -0.39 is 0 Å². The van der Waals surface area contributed by atoms with Crippen molar-refractivity contribution < 1.29 is 9.47 Å². The molecule has 1 heterocycles. The molecule has 1 aromatic heterocycles. The molecule has 0 bridgehead atoms. The Morgan fingerprint density at radius 2 is 1.48 bits per heavy atom. The van der Waals surface area contributed by atoms with Gasteiger partial charge in [-0.3, -0.25) is 4.57 Å². The highest BCUT2D eigenvalue weighted by Crippen LogP contribution is 2.30. The van der Waals surface area contributed by atoms with Crippen molar-refractivity contribution >= 4 is 11.8 Å². The third-order valence-corrected chi connectivity index (χ3v) is 6.19. The lowest BCUT2D eigenvalue weighted by Crippen LogP contribution is -2.10. The van der Waals surface area contributed by atoms with Crippen molar-refractivity contribution in [3.63, 3.8) is 0 Å². The maximum Gasteiger partial charge on any atom is 0.196 e. The van der Waals surface area contributed by atoms with Gasteiger partial charge in [-0.1, -0.05) is 75.0 Å². The zero-order chi connectivity index (χ0) is 23.3. The fourth-order valence-electron chi connectivity index (χ4n) is 3.44. The summed E-state index contributed by atoms with van der Waals surface area (Å²) < 4.78 is 13.2. The molecule has 0 saturated heterocycles. The SMILES string of the molecule is COc1ccc(OCCSc2nnc(-c3ccc(C(C)(C)C)cc3)n2-c2ccccc2)cc1. The van der Waals surface area contributed by atoms with Gasteiger partial charge in [0.1, 0.15) is 11.5 Å². The largest absolute Gasteiger partial charge is 0.497 e. The first-order valence-electron chi connectivity index (χ1n) is 11.0. The molecule has 0 fully saturated rings. The summed E-state index contributed by atoms with van der Waals surface area (Å²) in [6.45, 7) is 7.22. The number of hydrogen-bond acceptors (Lipinski definition) is 5. The zero-order valence-corrected chi connectivity index (χ0v) is 20.3. The smallest absolute Gasteiger partial charge is 0.196 e. The van der Waals surface area contributed by atoms with Crippen molar-refractivity contribution in [3.05, 3.63) is 84.4 Å². The molecule has 0 saturated carbocycles. The molecule has 33 heavy (non-hydrogen) atoms. The second-order valence-electron chi connectivity index (χ2n) is 8.68. The number of rotatable bonds is 8. The topological polar surface area (TPSA) is 49.2 Å². The van der Waals surface area contributed by atoms with E-state index in [0.29, 0.717) is 6.61 Å². The van der Waals surface area contributed by atoms with Crippen LogP contribution in [0.2, 0.25) is 0 Å². The minimum Gasteiger partial charge on any atom is -0.497 e. The van der Waals surface area contributed by atoms with Crippen LogP contribution < -0.4 is 9.47 Å². The Hall–Kier alpha value is -3.25. The summed E-state index contributed by atoms with van der Waals surface area (Å²) in [5, 5.41) is 9.90. The lowest BCUT2D eigenvalue weighted by molar-refractivity contribution is 0.342. The van der Waals surface area contributed by atoms with Gasteiger partial charge in [-0.2, -0.15) is 0 Å². The molecule has 0 N–H and O–H groups in total. The predicted molar refractivity (Wildman–Crippen MR) is 135 cm³/mol. The molecule has 5 nitrogen and oxygen atoms in total. The van der Waals surface area contributed by atoms with E-state index in [4.69, 9.17) is 9.47 Å². The molecule has 170 valence electrons. The summed E-state index contributed by atoms with van der Waals surface area (Å²) in [6.07, 6.45) is 0. The Bertz CT molecular complexity index is 1160. The minimum absolute atomic E-state index is 0.108. The van der Waals surface area contributed by atoms with Crippen LogP contribution in [0.1, 0.15) is 26.3 Å². The zero-order valence-electron chi connectivity index (χ0n) is 19.5. The number of benzene rings is 3. The maximum absolute atomic E-state index is 5.88. The van der Waals surface area contributed by atoms with Crippen LogP contribution in [-0.4, -0.2) is 34.2 Å². The Morgan fingerprint density at radius 3 is 2.12 bits per heavy atom. The highest BCUT2D eigenvalue weighted by Gasteiger charge is 2.18. The molecule has 0 spiro atoms. The van der Waals surface area contributed by atoms with Gasteiger partial charge in [0.15, 0.2) is 11.0 Å². The van der Waals surface area contributed by atoms with Gasteiger partial charge in [0.2, 0.25) is 0 Å². The van der Waals surface area contributed by atoms with Crippen LogP contribution in [-0.2, 0) is 5.41 Å². The molecule has 6 heteroatoms. The average molecular weight is 460 g/mol. The summed E-state index contributed by atoms with van der Waals surface area (Å²) in [7, 11) is 1.66. The average Bonchev–Trinajstić information content (AvgIpc) is 3.26. The monoisotopic (exact) mass is 459 g/mol. The highest BCUT2D eigenvalue weighted by molar-refractivity contribution is 7.99. The number of methoxy groups -OCH3 is 1. The molecule has 0 radical (unpaired) electrons. The lowest BCUT2D eigenvalue weighted by Gasteiger charge is -2.19. The van der Waals surface area contributed by atoms with Gasteiger partial charge in [0.05, 0.1) is 13.7 Å². The van der Waals surface area contributed by atoms with Crippen molar-refractivity contribution in [3.8, 4) is 28.6 Å². The summed E-state index contributed by atoms with van der Waals surface area (Å²) in [4.78, 5) is 0. The third kappa shape index (κ3) is 5.57. The van der Waals surface area contributed by atoms with E-state index in [1.54, 1.807) is 18.9 Å². The number of para-hydroxylation sites is 1. The molecule has 4 rings (SSSR count). The van der Waals surface area contributed by atoms with E-state index in [1.807, 2.05) is 42.5 Å². The summed E-state index contributed by atoms with van der Waals surface area (Å²) in [6, 6.07) is 26.5. The van der Waals surface area contributed by atoms with E-state index in [-0.39, 0.29) is 5.41 Å². The molecule has 0 aliphatic rings. The number of ether oxygens (including phenoxy) is 2. The van der Waals surface area contributed by atoms with Crippen molar-refractivity contribution in [2.24, 2.45) is 0 Å². The van der Waals surface area contributed by atoms with Crippen molar-refractivity contribution in [2.45, 2.75) is 31.3 Å². The van der Waals surface area contributed by atoms with E-state index in [2.05, 4.69) is 71.9 Å². The second-order valence-corrected chi connectivity index (χ2v) is 9.74. The van der Waals surface area contributed by atoms with Crippen LogP contribution in [0, 0.1) is 0 Å². The second kappa shape index (κ2) is 10.1. The standard InChI is InChI=1S/C27H29N3O2S/c1-27(2,3)21-12-10-20(11-13-21)25-28-29-26(30(25)22-8-6-5-7-9-22)33-19-18-32-24-16-14-23(31-4)15-17-24/h5-17H,18-19H2,1-4H3. The van der Waals surface area contributed by atoms with Gasteiger partial charge in [-0.25, -0.2) is 0 Å². The maximum atomic E-state index is 5.88. The summed E-state index contributed by atoms with van der Waals surface area (Å²) in [5.74, 6) is 3.22. The first-order chi connectivity index (χ1) is 16.0. The molecule has 4 aromatic rings. The van der Waals surface area contributed by atoms with E-state index in [1.165, 1.54) is 5.56 Å². The Labute approximate surface area is 199 Å². The molecule has 0 aliphatic carbocycles. The molecular formula is C27H29N3O2S. The van der Waals surface area contributed by atoms with E-state index in [0.717, 1.165) is 39.5 Å². The molecule has 3 aromatic carbocycles. The molecule has 0 atom stereocenters. The van der Waals surface area contributed by atoms with Gasteiger partial charge in [0, 0.05) is 17.0 Å². The van der Waals surface area contributed by atoms with E-state index >= 15 is 0 Å². The van der Waals surface area contributed by atoms with Crippen molar-refractivity contribution in [2.75, 3.05) is 19.5 Å². The summed E-state index contributed by atoms with van der Waals surface area (Å²) in [5.41, 5.74) is 3.48.